The van der Waals surface area contributed by atoms with E-state index >= 15 is 0 Å². The van der Waals surface area contributed by atoms with Crippen molar-refractivity contribution in [3.05, 3.63) is 89.5 Å². The summed E-state index contributed by atoms with van der Waals surface area (Å²) in [6.45, 7) is 6.80. The van der Waals surface area contributed by atoms with Gasteiger partial charge in [0, 0.05) is 0 Å². The molecule has 3 rings (SSSR count). The third-order valence-electron chi connectivity index (χ3n) is 7.63. The summed E-state index contributed by atoms with van der Waals surface area (Å²) in [5.41, 5.74) is 5.56. The molecule has 1 atom stereocenters. The molecule has 0 heterocycles. The van der Waals surface area contributed by atoms with E-state index in [1.54, 1.807) is 0 Å². The molecule has 0 saturated carbocycles. The van der Waals surface area contributed by atoms with Crippen molar-refractivity contribution in [2.75, 3.05) is 0 Å². The van der Waals surface area contributed by atoms with Crippen molar-refractivity contribution in [1.29, 1.82) is 0 Å². The van der Waals surface area contributed by atoms with Crippen LogP contribution < -0.4 is 4.74 Å². The number of carbonyl (C=O) groups excluding carboxylic acids is 1. The van der Waals surface area contributed by atoms with Crippen molar-refractivity contribution < 1.29 is 9.53 Å². The largest absolute Gasteiger partial charge is 0.423 e. The average Bonchev–Trinajstić information content (AvgIpc) is 2.95. The topological polar surface area (TPSA) is 26.3 Å². The second kappa shape index (κ2) is 16.9. The molecular weight excluding hydrogens is 464 g/mol. The second-order valence-corrected chi connectivity index (χ2v) is 10.9. The maximum atomic E-state index is 12.7. The molecule has 0 aliphatic rings. The van der Waals surface area contributed by atoms with Crippen LogP contribution in [0.4, 0.5) is 0 Å². The number of benzene rings is 3. The number of hydrogen-bond donors (Lipinski definition) is 0. The van der Waals surface area contributed by atoms with Gasteiger partial charge in [-0.25, -0.2) is 4.79 Å². The Balaban J connectivity index is 1.46. The molecule has 0 N–H and O–H groups in total. The van der Waals surface area contributed by atoms with Crippen LogP contribution in [0.25, 0.3) is 11.1 Å². The molecular formula is C36H48O2. The van der Waals surface area contributed by atoms with Crippen LogP contribution in [-0.2, 0) is 6.42 Å². The van der Waals surface area contributed by atoms with Gasteiger partial charge in [-0.05, 0) is 71.7 Å². The number of rotatable bonds is 17. The number of ether oxygens (including phenoxy) is 1. The van der Waals surface area contributed by atoms with E-state index in [2.05, 4.69) is 57.2 Å². The highest BCUT2D eigenvalue weighted by molar-refractivity contribution is 5.91. The number of carbonyl (C=O) groups is 1. The van der Waals surface area contributed by atoms with Gasteiger partial charge in [-0.3, -0.25) is 0 Å². The normalized spacial score (nSPS) is 11.9. The van der Waals surface area contributed by atoms with Crippen LogP contribution >= 0.6 is 0 Å². The van der Waals surface area contributed by atoms with Crippen molar-refractivity contribution >= 4 is 5.97 Å². The Labute approximate surface area is 231 Å². The van der Waals surface area contributed by atoms with Crippen LogP contribution in [0.2, 0.25) is 0 Å². The highest BCUT2D eigenvalue weighted by atomic mass is 16.5. The molecule has 0 aliphatic heterocycles. The lowest BCUT2D eigenvalue weighted by Gasteiger charge is -2.12. The van der Waals surface area contributed by atoms with Crippen LogP contribution in [-0.4, -0.2) is 5.97 Å². The van der Waals surface area contributed by atoms with Crippen LogP contribution in [0.1, 0.15) is 125 Å². The first-order chi connectivity index (χ1) is 18.6. The number of hydrogen-bond acceptors (Lipinski definition) is 2. The smallest absolute Gasteiger partial charge is 0.343 e. The Morgan fingerprint density at radius 2 is 1.16 bits per heavy atom. The Bertz CT molecular complexity index is 1050. The van der Waals surface area contributed by atoms with Gasteiger partial charge in [0.1, 0.15) is 5.75 Å². The molecule has 0 fully saturated rings. The summed E-state index contributed by atoms with van der Waals surface area (Å²) in [7, 11) is 0. The maximum Gasteiger partial charge on any atom is 0.343 e. The van der Waals surface area contributed by atoms with E-state index in [0.29, 0.717) is 17.2 Å². The highest BCUT2D eigenvalue weighted by Crippen LogP contribution is 2.26. The summed E-state index contributed by atoms with van der Waals surface area (Å²) in [5, 5.41) is 0. The molecule has 38 heavy (non-hydrogen) atoms. The molecule has 2 nitrogen and oxygen atoms in total. The zero-order chi connectivity index (χ0) is 27.0. The van der Waals surface area contributed by atoms with E-state index in [1.807, 2.05) is 36.4 Å². The zero-order valence-corrected chi connectivity index (χ0v) is 24.0. The zero-order valence-electron chi connectivity index (χ0n) is 24.0. The van der Waals surface area contributed by atoms with Crippen LogP contribution in [0.5, 0.6) is 5.75 Å². The van der Waals surface area contributed by atoms with Crippen molar-refractivity contribution in [2.45, 2.75) is 110 Å². The van der Waals surface area contributed by atoms with E-state index in [9.17, 15) is 4.79 Å². The summed E-state index contributed by atoms with van der Waals surface area (Å²) in [6.07, 6.45) is 16.9. The Morgan fingerprint density at radius 3 is 1.76 bits per heavy atom. The van der Waals surface area contributed by atoms with Gasteiger partial charge < -0.3 is 4.74 Å². The Hall–Kier alpha value is -2.87. The predicted molar refractivity (Wildman–Crippen MR) is 162 cm³/mol. The van der Waals surface area contributed by atoms with Gasteiger partial charge in [0.05, 0.1) is 5.56 Å². The monoisotopic (exact) mass is 512 g/mol. The van der Waals surface area contributed by atoms with Gasteiger partial charge >= 0.3 is 5.97 Å². The fraction of sp³-hybridized carbons (Fsp3) is 0.472. The first-order valence-electron chi connectivity index (χ1n) is 15.1. The fourth-order valence-corrected chi connectivity index (χ4v) is 5.02. The van der Waals surface area contributed by atoms with Crippen molar-refractivity contribution in [3.8, 4) is 16.9 Å². The van der Waals surface area contributed by atoms with Gasteiger partial charge in [-0.2, -0.15) is 0 Å². The minimum atomic E-state index is -0.317. The van der Waals surface area contributed by atoms with E-state index in [4.69, 9.17) is 4.74 Å². The van der Waals surface area contributed by atoms with Crippen LogP contribution in [0.3, 0.4) is 0 Å². The van der Waals surface area contributed by atoms with Crippen molar-refractivity contribution in [1.82, 2.24) is 0 Å². The molecule has 0 amide bonds. The van der Waals surface area contributed by atoms with Gasteiger partial charge in [-0.15, -0.1) is 0 Å². The van der Waals surface area contributed by atoms with E-state index in [0.717, 1.165) is 12.0 Å². The van der Waals surface area contributed by atoms with E-state index < -0.39 is 0 Å². The Morgan fingerprint density at radius 1 is 0.632 bits per heavy atom. The molecule has 2 heteroatoms. The number of esters is 1. The van der Waals surface area contributed by atoms with Gasteiger partial charge in [0.2, 0.25) is 0 Å². The van der Waals surface area contributed by atoms with Crippen molar-refractivity contribution in [2.24, 2.45) is 0 Å². The third kappa shape index (κ3) is 10.1. The average molecular weight is 513 g/mol. The van der Waals surface area contributed by atoms with Gasteiger partial charge in [-0.1, -0.05) is 134 Å². The van der Waals surface area contributed by atoms with Gasteiger partial charge in [0.25, 0.3) is 0 Å². The molecule has 204 valence electrons. The minimum absolute atomic E-state index is 0.317. The lowest BCUT2D eigenvalue weighted by atomic mass is 9.95. The molecule has 0 bridgehead atoms. The fourth-order valence-electron chi connectivity index (χ4n) is 5.02. The predicted octanol–water partition coefficient (Wildman–Crippen LogP) is 10.9. The minimum Gasteiger partial charge on any atom is -0.423 e. The maximum absolute atomic E-state index is 12.7. The van der Waals surface area contributed by atoms with E-state index in [-0.39, 0.29) is 5.97 Å². The van der Waals surface area contributed by atoms with Crippen LogP contribution in [0.15, 0.2) is 72.8 Å². The third-order valence-corrected chi connectivity index (χ3v) is 7.63. The lowest BCUT2D eigenvalue weighted by Crippen LogP contribution is -2.08. The number of aryl methyl sites for hydroxylation is 1. The standard InChI is InChI=1S/C36H48O2/c1-4-6-8-10-12-14-16-30-17-19-32(20-18-30)33-21-23-34(24-22-33)36(37)38-35-27-25-31(26-28-35)29(3)15-13-11-9-7-5-2/h17-29H,4-16H2,1-3H3/t29-/m1/s1. The SMILES string of the molecule is CCCCCCCCc1ccc(-c2ccc(C(=O)Oc3ccc([C@H](C)CCCCCCC)cc3)cc2)cc1. The summed E-state index contributed by atoms with van der Waals surface area (Å²) in [6, 6.07) is 24.6. The van der Waals surface area contributed by atoms with E-state index in [1.165, 1.54) is 93.7 Å². The Kier molecular flexibility index (Phi) is 13.2. The summed E-state index contributed by atoms with van der Waals surface area (Å²) < 4.78 is 5.65. The highest BCUT2D eigenvalue weighted by Gasteiger charge is 2.11. The first kappa shape index (κ1) is 29.7. The molecule has 0 spiro atoms. The number of unbranched alkanes of at least 4 members (excludes halogenated alkanes) is 9. The molecule has 0 saturated heterocycles. The summed E-state index contributed by atoms with van der Waals surface area (Å²) >= 11 is 0. The molecule has 0 aromatic heterocycles. The quantitative estimate of drug-likeness (QED) is 0.102. The van der Waals surface area contributed by atoms with Crippen molar-refractivity contribution in [3.63, 3.8) is 0 Å². The molecule has 0 radical (unpaired) electrons. The molecule has 0 aliphatic carbocycles. The first-order valence-corrected chi connectivity index (χ1v) is 15.1. The second-order valence-electron chi connectivity index (χ2n) is 10.9. The molecule has 3 aromatic carbocycles. The molecule has 0 unspecified atom stereocenters. The lowest BCUT2D eigenvalue weighted by molar-refractivity contribution is 0.0734. The van der Waals surface area contributed by atoms with Crippen LogP contribution in [0, 0.1) is 0 Å². The summed E-state index contributed by atoms with van der Waals surface area (Å²) in [5.74, 6) is 0.806. The molecule has 3 aromatic rings. The van der Waals surface area contributed by atoms with Gasteiger partial charge in [0.15, 0.2) is 0 Å². The summed E-state index contributed by atoms with van der Waals surface area (Å²) in [4.78, 5) is 12.7.